The first-order chi connectivity index (χ1) is 16.1. The molecule has 1 aliphatic rings. The Morgan fingerprint density at radius 1 is 1.06 bits per heavy atom. The van der Waals surface area contributed by atoms with Crippen molar-refractivity contribution < 1.29 is 9.13 Å². The number of halogens is 2. The lowest BCUT2D eigenvalue weighted by Gasteiger charge is -2.29. The van der Waals surface area contributed by atoms with Gasteiger partial charge in [-0.15, -0.1) is 0 Å². The van der Waals surface area contributed by atoms with Gasteiger partial charge >= 0.3 is 0 Å². The molecule has 5 rings (SSSR count). The van der Waals surface area contributed by atoms with Gasteiger partial charge < -0.3 is 19.5 Å². The molecule has 2 atom stereocenters. The quantitative estimate of drug-likeness (QED) is 0.364. The number of pyridine rings is 1. The van der Waals surface area contributed by atoms with Crippen molar-refractivity contribution in [1.82, 2.24) is 14.9 Å². The summed E-state index contributed by atoms with van der Waals surface area (Å²) in [5, 5.41) is 4.41. The minimum Gasteiger partial charge on any atom is -0.495 e. The van der Waals surface area contributed by atoms with E-state index in [1.807, 2.05) is 64.2 Å². The van der Waals surface area contributed by atoms with Crippen LogP contribution in [0.4, 0.5) is 10.1 Å². The van der Waals surface area contributed by atoms with Crippen molar-refractivity contribution in [2.45, 2.75) is 12.1 Å². The minimum absolute atomic E-state index is 0.264. The van der Waals surface area contributed by atoms with E-state index in [-0.39, 0.29) is 17.9 Å². The first kappa shape index (κ1) is 21.4. The monoisotopic (exact) mass is 478 g/mol. The van der Waals surface area contributed by atoms with Crippen LogP contribution in [0.1, 0.15) is 23.5 Å². The Hall–Kier alpha value is -3.42. The van der Waals surface area contributed by atoms with Crippen LogP contribution in [0, 0.1) is 5.82 Å². The van der Waals surface area contributed by atoms with Gasteiger partial charge in [0.15, 0.2) is 5.11 Å². The van der Waals surface area contributed by atoms with E-state index < -0.39 is 0 Å². The Morgan fingerprint density at radius 3 is 2.61 bits per heavy atom. The minimum atomic E-state index is -0.313. The maximum Gasteiger partial charge on any atom is 0.174 e. The highest BCUT2D eigenvalue weighted by molar-refractivity contribution is 7.80. The van der Waals surface area contributed by atoms with Crippen LogP contribution in [0.15, 0.2) is 85.2 Å². The zero-order valence-corrected chi connectivity index (χ0v) is 19.2. The lowest BCUT2D eigenvalue weighted by Crippen LogP contribution is -2.30. The van der Waals surface area contributed by atoms with Crippen molar-refractivity contribution in [1.29, 1.82) is 0 Å². The highest BCUT2D eigenvalue weighted by Crippen LogP contribution is 2.43. The van der Waals surface area contributed by atoms with Crippen LogP contribution in [0.3, 0.4) is 0 Å². The van der Waals surface area contributed by atoms with E-state index in [2.05, 4.69) is 10.3 Å². The lowest BCUT2D eigenvalue weighted by atomic mass is 10.0. The van der Waals surface area contributed by atoms with Crippen molar-refractivity contribution in [2.75, 3.05) is 12.0 Å². The maximum atomic E-state index is 14.8. The Morgan fingerprint density at radius 2 is 1.88 bits per heavy atom. The predicted molar refractivity (Wildman–Crippen MR) is 132 cm³/mol. The largest absolute Gasteiger partial charge is 0.495 e. The number of thiocarbonyl (C=S) groups is 1. The molecule has 5 nitrogen and oxygen atoms in total. The Balaban J connectivity index is 1.68. The number of hydrogen-bond acceptors (Lipinski definition) is 3. The summed E-state index contributed by atoms with van der Waals surface area (Å²) in [5.74, 6) is 0.267. The Bertz CT molecular complexity index is 1310. The standard InChI is InChI=1S/C25H20ClFN4OS/c1-32-22-12-11-16(15-17(22)26)31-24(23(29-25(31)33)19-8-4-5-13-28-19)21-10-6-14-30(21)20-9-3-2-7-18(20)27/h2-15,23-24H,1H3,(H,29,33). The molecule has 1 aliphatic heterocycles. The second kappa shape index (κ2) is 8.84. The molecule has 2 aromatic heterocycles. The molecule has 0 saturated carbocycles. The van der Waals surface area contributed by atoms with Gasteiger partial charge in [-0.2, -0.15) is 0 Å². The molecule has 4 aromatic rings. The fourth-order valence-electron chi connectivity index (χ4n) is 4.24. The number of aromatic nitrogens is 2. The second-order valence-electron chi connectivity index (χ2n) is 7.57. The highest BCUT2D eigenvalue weighted by atomic mass is 35.5. The number of benzene rings is 2. The van der Waals surface area contributed by atoms with Crippen molar-refractivity contribution >= 4 is 34.6 Å². The van der Waals surface area contributed by atoms with E-state index in [0.29, 0.717) is 21.6 Å². The summed E-state index contributed by atoms with van der Waals surface area (Å²) in [7, 11) is 1.57. The van der Waals surface area contributed by atoms with Gasteiger partial charge in [0.2, 0.25) is 0 Å². The summed E-state index contributed by atoms with van der Waals surface area (Å²) >= 11 is 12.2. The summed E-state index contributed by atoms with van der Waals surface area (Å²) in [5.41, 5.74) is 2.94. The summed E-state index contributed by atoms with van der Waals surface area (Å²) < 4.78 is 21.9. The normalized spacial score (nSPS) is 17.8. The van der Waals surface area contributed by atoms with Gasteiger partial charge in [-0.1, -0.05) is 29.8 Å². The summed E-state index contributed by atoms with van der Waals surface area (Å²) in [4.78, 5) is 6.56. The fraction of sp³-hybridized carbons (Fsp3) is 0.120. The van der Waals surface area contributed by atoms with Crippen molar-refractivity contribution in [2.24, 2.45) is 0 Å². The molecular formula is C25H20ClFN4OS. The number of ether oxygens (including phenoxy) is 1. The maximum absolute atomic E-state index is 14.8. The number of hydrogen-bond donors (Lipinski definition) is 1. The van der Waals surface area contributed by atoms with E-state index in [9.17, 15) is 4.39 Å². The zero-order chi connectivity index (χ0) is 22.9. The first-order valence-corrected chi connectivity index (χ1v) is 11.1. The van der Waals surface area contributed by atoms with Gasteiger partial charge in [0.05, 0.1) is 29.6 Å². The number of rotatable bonds is 5. The van der Waals surface area contributed by atoms with E-state index in [0.717, 1.165) is 17.1 Å². The molecule has 0 spiro atoms. The molecule has 0 aliphatic carbocycles. The molecule has 8 heteroatoms. The Labute approximate surface area is 201 Å². The molecule has 0 amide bonds. The smallest absolute Gasteiger partial charge is 0.174 e. The number of para-hydroxylation sites is 1. The third-order valence-electron chi connectivity index (χ3n) is 5.71. The van der Waals surface area contributed by atoms with Gasteiger partial charge in [-0.05, 0) is 66.8 Å². The predicted octanol–water partition coefficient (Wildman–Crippen LogP) is 5.85. The third-order valence-corrected chi connectivity index (χ3v) is 6.32. The SMILES string of the molecule is COc1ccc(N2C(=S)NC(c3ccccn3)C2c2cccn2-c2ccccc2F)cc1Cl. The van der Waals surface area contributed by atoms with E-state index in [1.54, 1.807) is 31.5 Å². The van der Waals surface area contributed by atoms with E-state index in [4.69, 9.17) is 28.6 Å². The van der Waals surface area contributed by atoms with Crippen molar-refractivity contribution in [3.63, 3.8) is 0 Å². The van der Waals surface area contributed by atoms with Crippen molar-refractivity contribution in [3.8, 4) is 11.4 Å². The fourth-order valence-corrected chi connectivity index (χ4v) is 4.84. The molecular weight excluding hydrogens is 459 g/mol. The Kier molecular flexibility index (Phi) is 5.74. The molecule has 1 fully saturated rings. The van der Waals surface area contributed by atoms with Crippen molar-refractivity contribution in [3.05, 3.63) is 107 Å². The number of nitrogens with zero attached hydrogens (tertiary/aromatic N) is 3. The molecule has 2 unspecified atom stereocenters. The van der Waals surface area contributed by atoms with E-state index >= 15 is 0 Å². The molecule has 2 aromatic carbocycles. The zero-order valence-electron chi connectivity index (χ0n) is 17.7. The lowest BCUT2D eigenvalue weighted by molar-refractivity contribution is 0.415. The second-order valence-corrected chi connectivity index (χ2v) is 8.36. The molecule has 1 saturated heterocycles. The van der Waals surface area contributed by atoms with Gasteiger partial charge in [-0.25, -0.2) is 4.39 Å². The molecule has 33 heavy (non-hydrogen) atoms. The van der Waals surface area contributed by atoms with Crippen LogP contribution in [0.5, 0.6) is 5.75 Å². The molecule has 0 radical (unpaired) electrons. The van der Waals surface area contributed by atoms with Gasteiger partial charge in [0.25, 0.3) is 0 Å². The van der Waals surface area contributed by atoms with Crippen LogP contribution < -0.4 is 15.0 Å². The van der Waals surface area contributed by atoms with Gasteiger partial charge in [0, 0.05) is 23.8 Å². The average molecular weight is 479 g/mol. The third kappa shape index (κ3) is 3.83. The van der Waals surface area contributed by atoms with Crippen LogP contribution in [-0.2, 0) is 0 Å². The van der Waals surface area contributed by atoms with Crippen LogP contribution in [-0.4, -0.2) is 21.8 Å². The molecule has 3 heterocycles. The van der Waals surface area contributed by atoms with Gasteiger partial charge in [-0.3, -0.25) is 4.98 Å². The average Bonchev–Trinajstić information content (AvgIpc) is 3.44. The van der Waals surface area contributed by atoms with Crippen LogP contribution >= 0.6 is 23.8 Å². The summed E-state index contributed by atoms with van der Waals surface area (Å²) in [6, 6.07) is 21.3. The first-order valence-electron chi connectivity index (χ1n) is 10.3. The number of anilines is 1. The summed E-state index contributed by atoms with van der Waals surface area (Å²) in [6.45, 7) is 0. The number of methoxy groups -OCH3 is 1. The van der Waals surface area contributed by atoms with Crippen LogP contribution in [0.2, 0.25) is 5.02 Å². The molecule has 0 bridgehead atoms. The number of nitrogens with one attached hydrogen (secondary N) is 1. The highest BCUT2D eigenvalue weighted by Gasteiger charge is 2.42. The summed E-state index contributed by atoms with van der Waals surface area (Å²) in [6.07, 6.45) is 3.60. The van der Waals surface area contributed by atoms with E-state index in [1.165, 1.54) is 6.07 Å². The van der Waals surface area contributed by atoms with Gasteiger partial charge in [0.1, 0.15) is 17.6 Å². The van der Waals surface area contributed by atoms with Crippen LogP contribution in [0.25, 0.3) is 5.69 Å². The molecule has 1 N–H and O–H groups in total. The molecule has 166 valence electrons. The topological polar surface area (TPSA) is 42.3 Å².